The van der Waals surface area contributed by atoms with Crippen LogP contribution in [0.25, 0.3) is 5.69 Å². The Bertz CT molecular complexity index is 991. The molecule has 0 unspecified atom stereocenters. The van der Waals surface area contributed by atoms with Crippen LogP contribution < -0.4 is 0 Å². The van der Waals surface area contributed by atoms with E-state index in [0.717, 1.165) is 43.3 Å². The van der Waals surface area contributed by atoms with Gasteiger partial charge in [0, 0.05) is 42.0 Å². The fourth-order valence-corrected chi connectivity index (χ4v) is 5.38. The molecule has 29 heavy (non-hydrogen) atoms. The Kier molecular flexibility index (Phi) is 5.80. The van der Waals surface area contributed by atoms with Gasteiger partial charge in [0.15, 0.2) is 0 Å². The molecule has 0 radical (unpaired) electrons. The van der Waals surface area contributed by atoms with E-state index in [2.05, 4.69) is 42.7 Å². The number of benzene rings is 1. The minimum absolute atomic E-state index is 0.133. The van der Waals surface area contributed by atoms with E-state index in [1.807, 2.05) is 52.7 Å². The average molecular weight is 430 g/mol. The van der Waals surface area contributed by atoms with Crippen LogP contribution in [-0.2, 0) is 26.1 Å². The molecule has 3 heterocycles. The zero-order valence-corrected chi connectivity index (χ0v) is 19.1. The lowest BCUT2D eigenvalue weighted by Crippen LogP contribution is -2.32. The van der Waals surface area contributed by atoms with Crippen molar-refractivity contribution in [3.05, 3.63) is 62.8 Å². The third kappa shape index (κ3) is 4.72. The minimum atomic E-state index is 0.133. The molecule has 0 aliphatic carbocycles. The Morgan fingerprint density at radius 1 is 1.21 bits per heavy atom. The molecule has 2 aromatic heterocycles. The first-order chi connectivity index (χ1) is 13.8. The molecule has 154 valence electrons. The van der Waals surface area contributed by atoms with Gasteiger partial charge in [0.1, 0.15) is 5.01 Å². The first kappa shape index (κ1) is 20.5. The predicted molar refractivity (Wildman–Crippen MR) is 120 cm³/mol. The van der Waals surface area contributed by atoms with Crippen molar-refractivity contribution in [3.63, 3.8) is 0 Å². The van der Waals surface area contributed by atoms with Crippen LogP contribution in [0, 0.1) is 5.41 Å². The van der Waals surface area contributed by atoms with Gasteiger partial charge in [-0.05, 0) is 38.1 Å². The Morgan fingerprint density at radius 2 is 2.00 bits per heavy atom. The average Bonchev–Trinajstić information content (AvgIpc) is 3.18. The van der Waals surface area contributed by atoms with Crippen molar-refractivity contribution in [3.8, 4) is 5.69 Å². The Hall–Kier alpha value is -1.73. The maximum Gasteiger partial charge on any atom is 0.107 e. The Labute approximate surface area is 181 Å². The van der Waals surface area contributed by atoms with Crippen molar-refractivity contribution in [1.29, 1.82) is 0 Å². The number of hydrogen-bond acceptors (Lipinski definition) is 5. The molecule has 0 saturated heterocycles. The van der Waals surface area contributed by atoms with E-state index in [1.165, 1.54) is 21.1 Å². The molecule has 4 rings (SSSR count). The largest absolute Gasteiger partial charge is 0.304 e. The fraction of sp³-hybridized carbons (Fsp3) is 0.455. The zero-order chi connectivity index (χ0) is 20.6. The summed E-state index contributed by atoms with van der Waals surface area (Å²) in [6.45, 7) is 8.38. The summed E-state index contributed by atoms with van der Waals surface area (Å²) in [6.07, 6.45) is 4.99. The van der Waals surface area contributed by atoms with Crippen molar-refractivity contribution >= 4 is 22.9 Å². The number of para-hydroxylation sites is 1. The molecule has 0 amide bonds. The second-order valence-electron chi connectivity index (χ2n) is 8.92. The second kappa shape index (κ2) is 8.19. The molecule has 7 heteroatoms. The van der Waals surface area contributed by atoms with Gasteiger partial charge in [-0.3, -0.25) is 4.90 Å². The van der Waals surface area contributed by atoms with Crippen molar-refractivity contribution in [2.45, 2.75) is 39.9 Å². The molecule has 1 aromatic carbocycles. The third-order valence-electron chi connectivity index (χ3n) is 5.16. The van der Waals surface area contributed by atoms with Gasteiger partial charge < -0.3 is 4.90 Å². The number of fused-ring (bicyclic) bond motifs is 1. The molecule has 0 atom stereocenters. The molecular weight excluding hydrogens is 402 g/mol. The van der Waals surface area contributed by atoms with Gasteiger partial charge in [-0.2, -0.15) is 5.10 Å². The van der Waals surface area contributed by atoms with Crippen molar-refractivity contribution in [1.82, 2.24) is 24.6 Å². The maximum atomic E-state index is 6.46. The molecule has 1 aliphatic heterocycles. The standard InChI is InChI=1S/C22H28ClN5S/c1-22(2)9-20-16(10-25-28(20)19-8-6-5-7-18(19)23)12-27(15-22)14-21-24-11-17(29-21)13-26(3)4/h5-8,10-11H,9,12-15H2,1-4H3. The van der Waals surface area contributed by atoms with Crippen LogP contribution in [0.3, 0.4) is 0 Å². The summed E-state index contributed by atoms with van der Waals surface area (Å²) < 4.78 is 2.03. The second-order valence-corrected chi connectivity index (χ2v) is 10.5. The lowest BCUT2D eigenvalue weighted by atomic mass is 9.87. The third-order valence-corrected chi connectivity index (χ3v) is 6.45. The summed E-state index contributed by atoms with van der Waals surface area (Å²) in [6, 6.07) is 7.93. The van der Waals surface area contributed by atoms with Gasteiger partial charge in [0.25, 0.3) is 0 Å². The summed E-state index contributed by atoms with van der Waals surface area (Å²) in [7, 11) is 4.18. The number of hydrogen-bond donors (Lipinski definition) is 0. The van der Waals surface area contributed by atoms with Gasteiger partial charge in [0.05, 0.1) is 23.5 Å². The SMILES string of the molecule is CN(C)Cc1cnc(CN2Cc3cnn(-c4ccccc4Cl)c3CC(C)(C)C2)s1. The zero-order valence-electron chi connectivity index (χ0n) is 17.5. The molecule has 1 aliphatic rings. The molecule has 0 bridgehead atoms. The fourth-order valence-electron chi connectivity index (χ4n) is 4.08. The summed E-state index contributed by atoms with van der Waals surface area (Å²) in [4.78, 5) is 10.7. The molecule has 0 spiro atoms. The molecule has 0 fully saturated rings. The summed E-state index contributed by atoms with van der Waals surface area (Å²) in [5, 5.41) is 6.61. The first-order valence-corrected chi connectivity index (χ1v) is 11.1. The van der Waals surface area contributed by atoms with E-state index >= 15 is 0 Å². The normalized spacial score (nSPS) is 16.8. The highest BCUT2D eigenvalue weighted by molar-refractivity contribution is 7.11. The van der Waals surface area contributed by atoms with Crippen LogP contribution in [0.5, 0.6) is 0 Å². The monoisotopic (exact) mass is 429 g/mol. The molecule has 5 nitrogen and oxygen atoms in total. The highest BCUT2D eigenvalue weighted by Crippen LogP contribution is 2.33. The van der Waals surface area contributed by atoms with E-state index in [0.29, 0.717) is 0 Å². The maximum absolute atomic E-state index is 6.46. The lowest BCUT2D eigenvalue weighted by Gasteiger charge is -2.29. The van der Waals surface area contributed by atoms with Crippen molar-refractivity contribution in [2.75, 3.05) is 20.6 Å². The smallest absolute Gasteiger partial charge is 0.107 e. The number of rotatable bonds is 5. The topological polar surface area (TPSA) is 37.2 Å². The van der Waals surface area contributed by atoms with Gasteiger partial charge >= 0.3 is 0 Å². The predicted octanol–water partition coefficient (Wildman–Crippen LogP) is 4.63. The van der Waals surface area contributed by atoms with Crippen LogP contribution in [0.2, 0.25) is 5.02 Å². The molecular formula is C22H28ClN5S. The van der Waals surface area contributed by atoms with E-state index in [4.69, 9.17) is 16.7 Å². The quantitative estimate of drug-likeness (QED) is 0.592. The highest BCUT2D eigenvalue weighted by atomic mass is 35.5. The first-order valence-electron chi connectivity index (χ1n) is 9.92. The van der Waals surface area contributed by atoms with Crippen LogP contribution in [0.4, 0.5) is 0 Å². The highest BCUT2D eigenvalue weighted by Gasteiger charge is 2.31. The molecule has 3 aromatic rings. The van der Waals surface area contributed by atoms with Crippen LogP contribution in [0.1, 0.15) is 35.0 Å². The minimum Gasteiger partial charge on any atom is -0.304 e. The van der Waals surface area contributed by atoms with E-state index in [-0.39, 0.29) is 5.41 Å². The summed E-state index contributed by atoms with van der Waals surface area (Å²) >= 11 is 8.28. The Morgan fingerprint density at radius 3 is 2.76 bits per heavy atom. The van der Waals surface area contributed by atoms with Crippen LogP contribution >= 0.6 is 22.9 Å². The summed E-state index contributed by atoms with van der Waals surface area (Å²) in [5.41, 5.74) is 3.63. The van der Waals surface area contributed by atoms with Crippen LogP contribution in [-0.4, -0.2) is 45.2 Å². The van der Waals surface area contributed by atoms with E-state index in [9.17, 15) is 0 Å². The van der Waals surface area contributed by atoms with Crippen LogP contribution in [0.15, 0.2) is 36.7 Å². The number of thiazole rings is 1. The van der Waals surface area contributed by atoms with E-state index < -0.39 is 0 Å². The summed E-state index contributed by atoms with van der Waals surface area (Å²) in [5.74, 6) is 0. The van der Waals surface area contributed by atoms with Crippen molar-refractivity contribution in [2.24, 2.45) is 5.41 Å². The molecule has 0 N–H and O–H groups in total. The number of nitrogens with zero attached hydrogens (tertiary/aromatic N) is 5. The van der Waals surface area contributed by atoms with Gasteiger partial charge in [-0.1, -0.05) is 37.6 Å². The number of halogens is 1. The van der Waals surface area contributed by atoms with Gasteiger partial charge in [0.2, 0.25) is 0 Å². The Balaban J connectivity index is 1.60. The van der Waals surface area contributed by atoms with Gasteiger partial charge in [-0.15, -0.1) is 11.3 Å². The van der Waals surface area contributed by atoms with Gasteiger partial charge in [-0.25, -0.2) is 9.67 Å². The van der Waals surface area contributed by atoms with E-state index in [1.54, 1.807) is 0 Å². The molecule has 0 saturated carbocycles. The van der Waals surface area contributed by atoms with Crippen molar-refractivity contribution < 1.29 is 0 Å². The number of aromatic nitrogens is 3. The lowest BCUT2D eigenvalue weighted by molar-refractivity contribution is 0.173.